The van der Waals surface area contributed by atoms with Gasteiger partial charge in [0.15, 0.2) is 0 Å². The molecule has 0 atom stereocenters. The molecule has 3 aromatic carbocycles. The Morgan fingerprint density at radius 3 is 1.55 bits per heavy atom. The van der Waals surface area contributed by atoms with Crippen LogP contribution in [-0.2, 0) is 0 Å². The number of fused-ring (bicyclic) bond motifs is 1. The fraction of sp³-hybridized carbons (Fsp3) is 0.259. The molecule has 0 saturated carbocycles. The molecule has 0 saturated heterocycles. The second-order valence-electron chi connectivity index (χ2n) is 7.99. The molecule has 0 spiro atoms. The van der Waals surface area contributed by atoms with Gasteiger partial charge >= 0.3 is 0 Å². The standard InChI is InChI=1S/C27H28N2O2/c1-4-15-28-16-17-29-26(30)24-18(2)22(20-11-7-5-8-12-20)23(19(3)25(24)27(29)31)21-13-9-6-10-14-21/h5-14,28H,4,15-17H2,1-3H3. The van der Waals surface area contributed by atoms with Gasteiger partial charge in [-0.3, -0.25) is 14.5 Å². The van der Waals surface area contributed by atoms with E-state index in [-0.39, 0.29) is 11.8 Å². The van der Waals surface area contributed by atoms with Crippen LogP contribution in [-0.4, -0.2) is 36.3 Å². The molecular formula is C27H28N2O2. The van der Waals surface area contributed by atoms with Crippen molar-refractivity contribution in [2.75, 3.05) is 19.6 Å². The molecule has 1 N–H and O–H groups in total. The molecule has 1 heterocycles. The van der Waals surface area contributed by atoms with Gasteiger partial charge in [0.25, 0.3) is 11.8 Å². The molecule has 2 amide bonds. The summed E-state index contributed by atoms with van der Waals surface area (Å²) in [6, 6.07) is 20.2. The molecule has 1 aliphatic heterocycles. The first-order valence-electron chi connectivity index (χ1n) is 10.9. The minimum Gasteiger partial charge on any atom is -0.315 e. The van der Waals surface area contributed by atoms with Gasteiger partial charge in [-0.05, 0) is 60.2 Å². The van der Waals surface area contributed by atoms with E-state index in [1.165, 1.54) is 4.90 Å². The summed E-state index contributed by atoms with van der Waals surface area (Å²) in [4.78, 5) is 28.1. The summed E-state index contributed by atoms with van der Waals surface area (Å²) in [5, 5.41) is 3.29. The van der Waals surface area contributed by atoms with E-state index < -0.39 is 0 Å². The molecule has 3 aromatic rings. The molecule has 4 nitrogen and oxygen atoms in total. The van der Waals surface area contributed by atoms with Crippen LogP contribution in [0.2, 0.25) is 0 Å². The molecule has 31 heavy (non-hydrogen) atoms. The Balaban J connectivity index is 1.90. The highest BCUT2D eigenvalue weighted by molar-refractivity contribution is 6.24. The van der Waals surface area contributed by atoms with Gasteiger partial charge in [0, 0.05) is 13.1 Å². The molecule has 4 rings (SSSR count). The monoisotopic (exact) mass is 412 g/mol. The van der Waals surface area contributed by atoms with Crippen molar-refractivity contribution in [2.24, 2.45) is 0 Å². The van der Waals surface area contributed by atoms with Gasteiger partial charge in [-0.2, -0.15) is 0 Å². The summed E-state index contributed by atoms with van der Waals surface area (Å²) in [6.45, 7) is 7.89. The fourth-order valence-electron chi connectivity index (χ4n) is 4.52. The molecule has 0 bridgehead atoms. The lowest BCUT2D eigenvalue weighted by Crippen LogP contribution is -2.36. The number of rotatable bonds is 7. The second kappa shape index (κ2) is 8.86. The van der Waals surface area contributed by atoms with Crippen LogP contribution in [0.1, 0.15) is 45.2 Å². The molecule has 158 valence electrons. The van der Waals surface area contributed by atoms with Crippen LogP contribution in [0.5, 0.6) is 0 Å². The normalized spacial score (nSPS) is 13.1. The van der Waals surface area contributed by atoms with E-state index in [2.05, 4.69) is 36.5 Å². The Morgan fingerprint density at radius 1 is 0.677 bits per heavy atom. The molecule has 0 fully saturated rings. The van der Waals surface area contributed by atoms with Crippen molar-refractivity contribution in [3.8, 4) is 22.3 Å². The highest BCUT2D eigenvalue weighted by Gasteiger charge is 2.40. The van der Waals surface area contributed by atoms with Gasteiger partial charge < -0.3 is 5.32 Å². The van der Waals surface area contributed by atoms with Gasteiger partial charge in [0.05, 0.1) is 11.1 Å². The van der Waals surface area contributed by atoms with Crippen molar-refractivity contribution < 1.29 is 9.59 Å². The maximum Gasteiger partial charge on any atom is 0.261 e. The number of carbonyl (C=O) groups is 2. The Kier molecular flexibility index (Phi) is 6.01. The van der Waals surface area contributed by atoms with Gasteiger partial charge in [-0.15, -0.1) is 0 Å². The van der Waals surface area contributed by atoms with Crippen molar-refractivity contribution >= 4 is 11.8 Å². The molecule has 4 heteroatoms. The van der Waals surface area contributed by atoms with Gasteiger partial charge in [0.2, 0.25) is 0 Å². The van der Waals surface area contributed by atoms with Crippen molar-refractivity contribution in [2.45, 2.75) is 27.2 Å². The summed E-state index contributed by atoms with van der Waals surface area (Å²) in [5.41, 5.74) is 6.99. The third-order valence-corrected chi connectivity index (χ3v) is 5.98. The van der Waals surface area contributed by atoms with E-state index in [0.717, 1.165) is 46.3 Å². The molecule has 0 unspecified atom stereocenters. The number of benzene rings is 3. The Morgan fingerprint density at radius 2 is 1.13 bits per heavy atom. The summed E-state index contributed by atoms with van der Waals surface area (Å²) >= 11 is 0. The van der Waals surface area contributed by atoms with Crippen molar-refractivity contribution in [1.82, 2.24) is 10.2 Å². The number of amides is 2. The van der Waals surface area contributed by atoms with Crippen LogP contribution >= 0.6 is 0 Å². The first kappa shape index (κ1) is 21.0. The average Bonchev–Trinajstić information content (AvgIpc) is 3.05. The number of hydrogen-bond donors (Lipinski definition) is 1. The first-order valence-corrected chi connectivity index (χ1v) is 10.9. The van der Waals surface area contributed by atoms with E-state index in [9.17, 15) is 9.59 Å². The molecule has 1 aliphatic rings. The lowest BCUT2D eigenvalue weighted by atomic mass is 9.82. The van der Waals surface area contributed by atoms with Crippen LogP contribution in [0, 0.1) is 13.8 Å². The Hall–Kier alpha value is -3.24. The Labute approximate surface area is 183 Å². The van der Waals surface area contributed by atoms with E-state index in [1.54, 1.807) is 0 Å². The zero-order valence-corrected chi connectivity index (χ0v) is 18.4. The molecule has 0 aromatic heterocycles. The summed E-state index contributed by atoms with van der Waals surface area (Å²) in [7, 11) is 0. The van der Waals surface area contributed by atoms with Crippen LogP contribution < -0.4 is 5.32 Å². The summed E-state index contributed by atoms with van der Waals surface area (Å²) < 4.78 is 0. The highest BCUT2D eigenvalue weighted by atomic mass is 16.2. The fourth-order valence-corrected chi connectivity index (χ4v) is 4.52. The minimum absolute atomic E-state index is 0.185. The number of imide groups is 1. The van der Waals surface area contributed by atoms with Gasteiger partial charge in [-0.25, -0.2) is 0 Å². The van der Waals surface area contributed by atoms with Crippen molar-refractivity contribution in [1.29, 1.82) is 0 Å². The second-order valence-corrected chi connectivity index (χ2v) is 7.99. The van der Waals surface area contributed by atoms with Crippen molar-refractivity contribution in [3.05, 3.63) is 82.9 Å². The molecule has 0 radical (unpaired) electrons. The first-order chi connectivity index (χ1) is 15.1. The lowest BCUT2D eigenvalue weighted by molar-refractivity contribution is 0.0655. The quantitative estimate of drug-likeness (QED) is 0.427. The average molecular weight is 413 g/mol. The van der Waals surface area contributed by atoms with Gasteiger partial charge in [0.1, 0.15) is 0 Å². The predicted octanol–water partition coefficient (Wildman–Crippen LogP) is 5.23. The Bertz CT molecular complexity index is 1040. The number of carbonyl (C=O) groups excluding carboxylic acids is 2. The number of nitrogens with one attached hydrogen (secondary N) is 1. The summed E-state index contributed by atoms with van der Waals surface area (Å²) in [6.07, 6.45) is 1.02. The zero-order valence-electron chi connectivity index (χ0n) is 18.4. The lowest BCUT2D eigenvalue weighted by Gasteiger charge is -2.19. The van der Waals surface area contributed by atoms with E-state index in [1.807, 2.05) is 50.2 Å². The van der Waals surface area contributed by atoms with Crippen LogP contribution in [0.3, 0.4) is 0 Å². The predicted molar refractivity (Wildman–Crippen MR) is 125 cm³/mol. The maximum atomic E-state index is 13.4. The smallest absolute Gasteiger partial charge is 0.261 e. The minimum atomic E-state index is -0.185. The molecular weight excluding hydrogens is 384 g/mol. The van der Waals surface area contributed by atoms with E-state index in [0.29, 0.717) is 24.2 Å². The van der Waals surface area contributed by atoms with E-state index >= 15 is 0 Å². The van der Waals surface area contributed by atoms with Crippen LogP contribution in [0.15, 0.2) is 60.7 Å². The third kappa shape index (κ3) is 3.68. The maximum absolute atomic E-state index is 13.4. The van der Waals surface area contributed by atoms with Crippen molar-refractivity contribution in [3.63, 3.8) is 0 Å². The SMILES string of the molecule is CCCNCCN1C(=O)c2c(C)c(-c3ccccc3)c(-c3ccccc3)c(C)c2C1=O. The van der Waals surface area contributed by atoms with Crippen LogP contribution in [0.25, 0.3) is 22.3 Å². The third-order valence-electron chi connectivity index (χ3n) is 5.98. The van der Waals surface area contributed by atoms with Crippen LogP contribution in [0.4, 0.5) is 0 Å². The highest BCUT2D eigenvalue weighted by Crippen LogP contribution is 2.43. The number of hydrogen-bond acceptors (Lipinski definition) is 3. The largest absolute Gasteiger partial charge is 0.315 e. The molecule has 0 aliphatic carbocycles. The van der Waals surface area contributed by atoms with E-state index in [4.69, 9.17) is 0 Å². The zero-order chi connectivity index (χ0) is 22.0. The van der Waals surface area contributed by atoms with Gasteiger partial charge in [-0.1, -0.05) is 67.6 Å². The summed E-state index contributed by atoms with van der Waals surface area (Å²) in [5.74, 6) is -0.369. The topological polar surface area (TPSA) is 49.4 Å². The number of nitrogens with zero attached hydrogens (tertiary/aromatic N) is 1.